The topological polar surface area (TPSA) is 40.5 Å². The van der Waals surface area contributed by atoms with Crippen molar-refractivity contribution in [3.8, 4) is 0 Å². The Hall–Kier alpha value is -2.68. The summed E-state index contributed by atoms with van der Waals surface area (Å²) in [6.45, 7) is 0. The molecule has 0 radical (unpaired) electrons. The van der Waals surface area contributed by atoms with Crippen molar-refractivity contribution in [2.45, 2.75) is 6.29 Å². The van der Waals surface area contributed by atoms with E-state index in [0.717, 1.165) is 21.5 Å². The molecule has 23 heavy (non-hydrogen) atoms. The number of benzene rings is 4. The van der Waals surface area contributed by atoms with Crippen LogP contribution in [0.15, 0.2) is 91.0 Å². The van der Waals surface area contributed by atoms with Crippen molar-refractivity contribution in [3.63, 3.8) is 0 Å². The molecular formula is C21H18O2. The lowest BCUT2D eigenvalue weighted by Gasteiger charge is -2.09. The third-order valence-electron chi connectivity index (χ3n) is 3.73. The summed E-state index contributed by atoms with van der Waals surface area (Å²) >= 11 is 0. The summed E-state index contributed by atoms with van der Waals surface area (Å²) < 4.78 is 0. The van der Waals surface area contributed by atoms with Crippen LogP contribution in [0.4, 0.5) is 0 Å². The third kappa shape index (κ3) is 3.57. The average molecular weight is 302 g/mol. The van der Waals surface area contributed by atoms with Gasteiger partial charge in [0.25, 0.3) is 0 Å². The molecule has 0 aliphatic rings. The molecule has 114 valence electrons. The van der Waals surface area contributed by atoms with Crippen molar-refractivity contribution in [1.29, 1.82) is 0 Å². The van der Waals surface area contributed by atoms with E-state index < -0.39 is 6.29 Å². The van der Waals surface area contributed by atoms with Gasteiger partial charge in [-0.25, -0.2) is 0 Å². The lowest BCUT2D eigenvalue weighted by atomic mass is 9.99. The highest BCUT2D eigenvalue weighted by atomic mass is 16.5. The van der Waals surface area contributed by atoms with E-state index >= 15 is 0 Å². The first-order valence-corrected chi connectivity index (χ1v) is 7.53. The van der Waals surface area contributed by atoms with Gasteiger partial charge >= 0.3 is 0 Å². The van der Waals surface area contributed by atoms with Crippen LogP contribution in [0.3, 0.4) is 0 Å². The quantitative estimate of drug-likeness (QED) is 0.396. The standard InChI is InChI=1S/C15H12O2.C6H6/c16-15(17)13-7-3-6-12-8-10-4-1-2-5-11(10)9-14(12)13;1-2-4-6-5-3-1/h1-9,15-17H;1-6H. The SMILES string of the molecule is OC(O)c1cccc2cc3ccccc3cc12.c1ccccc1. The zero-order valence-electron chi connectivity index (χ0n) is 12.6. The average Bonchev–Trinajstić information content (AvgIpc) is 2.61. The second-order valence-electron chi connectivity index (χ2n) is 5.30. The fourth-order valence-electron chi connectivity index (χ4n) is 2.60. The van der Waals surface area contributed by atoms with Gasteiger partial charge in [0, 0.05) is 5.56 Å². The molecule has 2 nitrogen and oxygen atoms in total. The molecule has 0 aromatic heterocycles. The smallest absolute Gasteiger partial charge is 0.179 e. The highest BCUT2D eigenvalue weighted by Crippen LogP contribution is 2.27. The second-order valence-corrected chi connectivity index (χ2v) is 5.30. The summed E-state index contributed by atoms with van der Waals surface area (Å²) in [6, 6.07) is 29.7. The lowest BCUT2D eigenvalue weighted by molar-refractivity contribution is -0.0413. The molecule has 0 spiro atoms. The van der Waals surface area contributed by atoms with Crippen LogP contribution in [0.5, 0.6) is 0 Å². The number of aliphatic hydroxyl groups is 2. The predicted molar refractivity (Wildman–Crippen MR) is 95.1 cm³/mol. The van der Waals surface area contributed by atoms with Gasteiger partial charge < -0.3 is 10.2 Å². The number of hydrogen-bond acceptors (Lipinski definition) is 2. The van der Waals surface area contributed by atoms with Gasteiger partial charge in [-0.05, 0) is 33.7 Å². The van der Waals surface area contributed by atoms with Crippen LogP contribution in [0.2, 0.25) is 0 Å². The Morgan fingerprint density at radius 3 is 1.61 bits per heavy atom. The largest absolute Gasteiger partial charge is 0.364 e. The number of aliphatic hydroxyl groups excluding tert-OH is 1. The molecule has 0 fully saturated rings. The summed E-state index contributed by atoms with van der Waals surface area (Å²) in [5, 5.41) is 22.9. The minimum absolute atomic E-state index is 0.549. The Bertz CT molecular complexity index is 872. The zero-order valence-corrected chi connectivity index (χ0v) is 12.6. The van der Waals surface area contributed by atoms with Crippen LogP contribution in [-0.2, 0) is 0 Å². The van der Waals surface area contributed by atoms with E-state index in [0.29, 0.717) is 5.56 Å². The maximum absolute atomic E-state index is 9.35. The van der Waals surface area contributed by atoms with Crippen molar-refractivity contribution >= 4 is 21.5 Å². The Morgan fingerprint density at radius 2 is 1.04 bits per heavy atom. The third-order valence-corrected chi connectivity index (χ3v) is 3.73. The van der Waals surface area contributed by atoms with E-state index in [4.69, 9.17) is 0 Å². The Labute approximate surface area is 135 Å². The normalized spacial score (nSPS) is 10.6. The Balaban J connectivity index is 0.000000220. The second kappa shape index (κ2) is 7.05. The van der Waals surface area contributed by atoms with E-state index in [2.05, 4.69) is 12.1 Å². The summed E-state index contributed by atoms with van der Waals surface area (Å²) in [7, 11) is 0. The van der Waals surface area contributed by atoms with Gasteiger partial charge in [-0.2, -0.15) is 0 Å². The molecule has 0 aliphatic heterocycles. The first-order valence-electron chi connectivity index (χ1n) is 7.53. The van der Waals surface area contributed by atoms with Crippen molar-refractivity contribution in [3.05, 3.63) is 96.6 Å². The predicted octanol–water partition coefficient (Wildman–Crippen LogP) is 4.66. The van der Waals surface area contributed by atoms with Gasteiger partial charge in [0.1, 0.15) is 0 Å². The van der Waals surface area contributed by atoms with Gasteiger partial charge in [-0.3, -0.25) is 0 Å². The first kappa shape index (κ1) is 15.2. The summed E-state index contributed by atoms with van der Waals surface area (Å²) in [5.74, 6) is 0. The Morgan fingerprint density at radius 1 is 0.522 bits per heavy atom. The minimum Gasteiger partial charge on any atom is -0.364 e. The van der Waals surface area contributed by atoms with E-state index in [9.17, 15) is 10.2 Å². The molecule has 0 aliphatic carbocycles. The van der Waals surface area contributed by atoms with Gasteiger partial charge in [-0.15, -0.1) is 0 Å². The Kier molecular flexibility index (Phi) is 4.67. The fourth-order valence-corrected chi connectivity index (χ4v) is 2.60. The maximum atomic E-state index is 9.35. The molecule has 0 saturated heterocycles. The van der Waals surface area contributed by atoms with Crippen molar-refractivity contribution in [1.82, 2.24) is 0 Å². The molecule has 0 unspecified atom stereocenters. The highest BCUT2D eigenvalue weighted by molar-refractivity contribution is 5.99. The van der Waals surface area contributed by atoms with Crippen molar-refractivity contribution < 1.29 is 10.2 Å². The van der Waals surface area contributed by atoms with Crippen molar-refractivity contribution in [2.75, 3.05) is 0 Å². The van der Waals surface area contributed by atoms with Crippen LogP contribution in [0.1, 0.15) is 11.9 Å². The summed E-state index contributed by atoms with van der Waals surface area (Å²) in [5.41, 5.74) is 0.549. The van der Waals surface area contributed by atoms with Crippen LogP contribution >= 0.6 is 0 Å². The van der Waals surface area contributed by atoms with Gasteiger partial charge in [0.05, 0.1) is 0 Å². The molecule has 4 aromatic rings. The molecule has 0 saturated carbocycles. The number of fused-ring (bicyclic) bond motifs is 2. The molecule has 0 bridgehead atoms. The fraction of sp³-hybridized carbons (Fsp3) is 0.0476. The van der Waals surface area contributed by atoms with Crippen LogP contribution in [-0.4, -0.2) is 10.2 Å². The molecule has 2 heteroatoms. The maximum Gasteiger partial charge on any atom is 0.179 e. The van der Waals surface area contributed by atoms with E-state index in [1.165, 1.54) is 0 Å². The molecule has 0 atom stereocenters. The molecule has 0 heterocycles. The molecule has 2 N–H and O–H groups in total. The van der Waals surface area contributed by atoms with E-state index in [-0.39, 0.29) is 0 Å². The van der Waals surface area contributed by atoms with Gasteiger partial charge in [0.15, 0.2) is 6.29 Å². The zero-order chi connectivity index (χ0) is 16.1. The van der Waals surface area contributed by atoms with E-state index in [1.807, 2.05) is 72.8 Å². The van der Waals surface area contributed by atoms with E-state index in [1.54, 1.807) is 6.07 Å². The van der Waals surface area contributed by atoms with Crippen LogP contribution in [0.25, 0.3) is 21.5 Å². The van der Waals surface area contributed by atoms with Crippen LogP contribution < -0.4 is 0 Å². The molecule has 0 amide bonds. The highest BCUT2D eigenvalue weighted by Gasteiger charge is 2.08. The summed E-state index contributed by atoms with van der Waals surface area (Å²) in [6.07, 6.45) is -1.43. The summed E-state index contributed by atoms with van der Waals surface area (Å²) in [4.78, 5) is 0. The molecule has 4 aromatic carbocycles. The monoisotopic (exact) mass is 302 g/mol. The van der Waals surface area contributed by atoms with Crippen molar-refractivity contribution in [2.24, 2.45) is 0 Å². The van der Waals surface area contributed by atoms with Crippen LogP contribution in [0, 0.1) is 0 Å². The molecule has 4 rings (SSSR count). The lowest BCUT2D eigenvalue weighted by Crippen LogP contribution is -1.95. The number of hydrogen-bond donors (Lipinski definition) is 2. The molecular weight excluding hydrogens is 284 g/mol. The van der Waals surface area contributed by atoms with Gasteiger partial charge in [0.2, 0.25) is 0 Å². The minimum atomic E-state index is -1.43. The van der Waals surface area contributed by atoms with Gasteiger partial charge in [-0.1, -0.05) is 78.9 Å². The number of rotatable bonds is 1. The first-order chi connectivity index (χ1) is 11.3.